The average molecular weight is 301 g/mol. The fourth-order valence-electron chi connectivity index (χ4n) is 2.01. The third-order valence-corrected chi connectivity index (χ3v) is 3.34. The third kappa shape index (κ3) is 4.58. The van der Waals surface area contributed by atoms with Gasteiger partial charge in [-0.15, -0.1) is 0 Å². The van der Waals surface area contributed by atoms with Crippen molar-refractivity contribution >= 4 is 5.91 Å². The van der Waals surface area contributed by atoms with E-state index >= 15 is 0 Å². The predicted molar refractivity (Wildman–Crippen MR) is 84.1 cm³/mol. The zero-order chi connectivity index (χ0) is 15.9. The van der Waals surface area contributed by atoms with Crippen molar-refractivity contribution in [3.05, 3.63) is 65.5 Å². The van der Waals surface area contributed by atoms with Crippen LogP contribution in [0, 0.1) is 12.7 Å². The Hall–Kier alpha value is -2.36. The molecule has 0 saturated heterocycles. The minimum atomic E-state index is -0.539. The molecule has 0 aromatic heterocycles. The summed E-state index contributed by atoms with van der Waals surface area (Å²) in [5.74, 6) is 0.214. The van der Waals surface area contributed by atoms with Crippen molar-refractivity contribution in [3.63, 3.8) is 0 Å². The first-order chi connectivity index (χ1) is 10.6. The van der Waals surface area contributed by atoms with Gasteiger partial charge in [0.2, 0.25) is 0 Å². The Morgan fingerprint density at radius 2 is 1.77 bits per heavy atom. The highest BCUT2D eigenvalue weighted by atomic mass is 19.1. The maximum Gasteiger partial charge on any atom is 0.261 e. The molecule has 0 aliphatic carbocycles. The Balaban J connectivity index is 1.91. The molecule has 1 amide bonds. The normalized spacial score (nSPS) is 11.8. The molecule has 0 unspecified atom stereocenters. The van der Waals surface area contributed by atoms with E-state index < -0.39 is 6.10 Å². The average Bonchev–Trinajstić information content (AvgIpc) is 2.53. The van der Waals surface area contributed by atoms with E-state index in [0.717, 1.165) is 11.1 Å². The quantitative estimate of drug-likeness (QED) is 0.885. The lowest BCUT2D eigenvalue weighted by molar-refractivity contribution is -0.128. The lowest BCUT2D eigenvalue weighted by Gasteiger charge is -2.17. The summed E-state index contributed by atoms with van der Waals surface area (Å²) in [6.45, 7) is 4.25. The maximum atomic E-state index is 12.8. The minimum absolute atomic E-state index is 0.174. The van der Waals surface area contributed by atoms with Gasteiger partial charge in [-0.2, -0.15) is 0 Å². The summed E-state index contributed by atoms with van der Waals surface area (Å²) in [7, 11) is 0. The van der Waals surface area contributed by atoms with Gasteiger partial charge < -0.3 is 10.1 Å². The second-order valence-corrected chi connectivity index (χ2v) is 5.17. The lowest BCUT2D eigenvalue weighted by atomic mass is 10.2. The Morgan fingerprint density at radius 1 is 1.14 bits per heavy atom. The van der Waals surface area contributed by atoms with Crippen molar-refractivity contribution in [2.24, 2.45) is 0 Å². The van der Waals surface area contributed by atoms with Crippen molar-refractivity contribution in [1.82, 2.24) is 5.32 Å². The number of ether oxygens (including phenoxy) is 1. The summed E-state index contributed by atoms with van der Waals surface area (Å²) in [6, 6.07) is 13.6. The van der Waals surface area contributed by atoms with Crippen molar-refractivity contribution in [3.8, 4) is 5.75 Å². The van der Waals surface area contributed by atoms with E-state index in [1.165, 1.54) is 12.1 Å². The number of carbonyl (C=O) groups excluding carboxylic acids is 1. The maximum absolute atomic E-state index is 12.8. The topological polar surface area (TPSA) is 38.3 Å². The van der Waals surface area contributed by atoms with Crippen LogP contribution in [0.3, 0.4) is 0 Å². The van der Waals surface area contributed by atoms with Gasteiger partial charge in [-0.25, -0.2) is 4.39 Å². The Morgan fingerprint density at radius 3 is 2.36 bits per heavy atom. The molecule has 0 saturated carbocycles. The van der Waals surface area contributed by atoms with Crippen LogP contribution in [0.1, 0.15) is 24.5 Å². The Bertz CT molecular complexity index is 608. The number of rotatable bonds is 6. The molecule has 2 rings (SSSR count). The molecule has 116 valence electrons. The van der Waals surface area contributed by atoms with E-state index in [1.807, 2.05) is 38.1 Å². The number of nitrogens with one attached hydrogen (secondary N) is 1. The van der Waals surface area contributed by atoms with E-state index in [9.17, 15) is 9.18 Å². The fraction of sp³-hybridized carbons (Fsp3) is 0.278. The number of benzene rings is 2. The Kier molecular flexibility index (Phi) is 5.53. The molecule has 0 heterocycles. The van der Waals surface area contributed by atoms with Gasteiger partial charge in [0, 0.05) is 6.54 Å². The molecule has 0 aliphatic rings. The van der Waals surface area contributed by atoms with Crippen LogP contribution in [0.5, 0.6) is 5.75 Å². The summed E-state index contributed by atoms with van der Waals surface area (Å²) in [5.41, 5.74) is 1.99. The van der Waals surface area contributed by atoms with Crippen LogP contribution in [-0.4, -0.2) is 12.0 Å². The second-order valence-electron chi connectivity index (χ2n) is 5.17. The van der Waals surface area contributed by atoms with Gasteiger partial charge >= 0.3 is 0 Å². The monoisotopic (exact) mass is 301 g/mol. The van der Waals surface area contributed by atoms with Gasteiger partial charge in [0.15, 0.2) is 6.10 Å². The summed E-state index contributed by atoms with van der Waals surface area (Å²) >= 11 is 0. The highest BCUT2D eigenvalue weighted by Crippen LogP contribution is 2.14. The van der Waals surface area contributed by atoms with Gasteiger partial charge in [-0.1, -0.05) is 36.8 Å². The molecule has 0 aliphatic heterocycles. The van der Waals surface area contributed by atoms with Gasteiger partial charge in [-0.3, -0.25) is 4.79 Å². The summed E-state index contributed by atoms with van der Waals surface area (Å²) in [4.78, 5) is 12.2. The highest BCUT2D eigenvalue weighted by molar-refractivity contribution is 5.81. The van der Waals surface area contributed by atoms with Crippen LogP contribution in [0.2, 0.25) is 0 Å². The molecule has 1 N–H and O–H groups in total. The van der Waals surface area contributed by atoms with Gasteiger partial charge in [0.1, 0.15) is 11.6 Å². The molecule has 2 aromatic rings. The number of amides is 1. The van der Waals surface area contributed by atoms with Crippen LogP contribution in [0.25, 0.3) is 0 Å². The van der Waals surface area contributed by atoms with Crippen LogP contribution in [0.15, 0.2) is 48.5 Å². The molecule has 0 radical (unpaired) electrons. The number of hydrogen-bond acceptors (Lipinski definition) is 2. The molecule has 0 fully saturated rings. The summed E-state index contributed by atoms with van der Waals surface area (Å²) < 4.78 is 18.5. The zero-order valence-electron chi connectivity index (χ0n) is 12.8. The van der Waals surface area contributed by atoms with E-state index in [4.69, 9.17) is 4.74 Å². The van der Waals surface area contributed by atoms with Crippen molar-refractivity contribution in [1.29, 1.82) is 0 Å². The van der Waals surface area contributed by atoms with Gasteiger partial charge in [-0.05, 0) is 43.2 Å². The number of hydrogen-bond donors (Lipinski definition) is 1. The number of carbonyl (C=O) groups is 1. The number of aryl methyl sites for hydroxylation is 1. The summed E-state index contributed by atoms with van der Waals surface area (Å²) in [5, 5.41) is 2.81. The Labute approximate surface area is 130 Å². The van der Waals surface area contributed by atoms with Crippen LogP contribution in [-0.2, 0) is 11.3 Å². The first kappa shape index (κ1) is 16.0. The fourth-order valence-corrected chi connectivity index (χ4v) is 2.01. The zero-order valence-corrected chi connectivity index (χ0v) is 12.8. The summed E-state index contributed by atoms with van der Waals surface area (Å²) in [6.07, 6.45) is 0.0338. The molecule has 4 heteroatoms. The first-order valence-electron chi connectivity index (χ1n) is 7.34. The van der Waals surface area contributed by atoms with Crippen molar-refractivity contribution in [2.45, 2.75) is 32.9 Å². The van der Waals surface area contributed by atoms with Gasteiger partial charge in [0.05, 0.1) is 0 Å². The molecule has 3 nitrogen and oxygen atoms in total. The largest absolute Gasteiger partial charge is 0.481 e. The van der Waals surface area contributed by atoms with Crippen LogP contribution >= 0.6 is 0 Å². The lowest BCUT2D eigenvalue weighted by Crippen LogP contribution is -2.37. The second kappa shape index (κ2) is 7.59. The first-order valence-corrected chi connectivity index (χ1v) is 7.34. The predicted octanol–water partition coefficient (Wildman–Crippen LogP) is 3.61. The van der Waals surface area contributed by atoms with E-state index in [1.54, 1.807) is 12.1 Å². The van der Waals surface area contributed by atoms with E-state index in [2.05, 4.69) is 5.32 Å². The van der Waals surface area contributed by atoms with Crippen LogP contribution < -0.4 is 10.1 Å². The van der Waals surface area contributed by atoms with Crippen molar-refractivity contribution in [2.75, 3.05) is 0 Å². The molecule has 2 aromatic carbocycles. The van der Waals surface area contributed by atoms with Crippen molar-refractivity contribution < 1.29 is 13.9 Å². The van der Waals surface area contributed by atoms with E-state index in [-0.39, 0.29) is 11.7 Å². The SMILES string of the molecule is CC[C@@H](Oc1ccc(C)cc1)C(=O)NCc1ccc(F)cc1. The molecule has 0 spiro atoms. The van der Waals surface area contributed by atoms with Crippen LogP contribution in [0.4, 0.5) is 4.39 Å². The number of halogens is 1. The van der Waals surface area contributed by atoms with Gasteiger partial charge in [0.25, 0.3) is 5.91 Å². The third-order valence-electron chi connectivity index (χ3n) is 3.34. The molecular formula is C18H20FNO2. The molecule has 0 bridgehead atoms. The molecular weight excluding hydrogens is 281 g/mol. The van der Waals surface area contributed by atoms with E-state index in [0.29, 0.717) is 18.7 Å². The highest BCUT2D eigenvalue weighted by Gasteiger charge is 2.17. The molecule has 22 heavy (non-hydrogen) atoms. The standard InChI is InChI=1S/C18H20FNO2/c1-3-17(22-16-10-4-13(2)5-11-16)18(21)20-12-14-6-8-15(19)9-7-14/h4-11,17H,3,12H2,1-2H3,(H,20,21)/t17-/m1/s1. The smallest absolute Gasteiger partial charge is 0.261 e. The molecule has 1 atom stereocenters. The minimum Gasteiger partial charge on any atom is -0.481 e.